The molecule has 1 N–H and O–H groups in total. The molecule has 8 heteroatoms. The largest absolute Gasteiger partial charge is 0.327 e. The van der Waals surface area contributed by atoms with Crippen LogP contribution in [-0.2, 0) is 0 Å². The van der Waals surface area contributed by atoms with Crippen molar-refractivity contribution in [1.82, 2.24) is 19.2 Å². The summed E-state index contributed by atoms with van der Waals surface area (Å²) < 4.78 is 3.17. The fourth-order valence-electron chi connectivity index (χ4n) is 3.87. The lowest BCUT2D eigenvalue weighted by atomic mass is 10.2. The summed E-state index contributed by atoms with van der Waals surface area (Å²) in [5.74, 6) is 0. The van der Waals surface area contributed by atoms with Crippen molar-refractivity contribution in [2.45, 2.75) is 0 Å². The van der Waals surface area contributed by atoms with Crippen molar-refractivity contribution in [1.29, 1.82) is 0 Å². The number of aromatic amines is 1. The first-order chi connectivity index (χ1) is 16.2. The molecule has 7 nitrogen and oxygen atoms in total. The number of hydrogen-bond donors (Lipinski definition) is 0. The molecule has 0 saturated carbocycles. The molecule has 0 atom stereocenters. The molecule has 0 unspecified atom stereocenters. The Hall–Kier alpha value is -4.36. The van der Waals surface area contributed by atoms with E-state index in [0.29, 0.717) is 32.7 Å². The van der Waals surface area contributed by atoms with Gasteiger partial charge in [-0.15, -0.1) is 9.78 Å². The average molecular weight is 452 g/mol. The quantitative estimate of drug-likeness (QED) is 0.377. The van der Waals surface area contributed by atoms with Crippen LogP contribution in [0.1, 0.15) is 5.56 Å². The van der Waals surface area contributed by atoms with Crippen molar-refractivity contribution in [2.24, 2.45) is 5.10 Å². The summed E-state index contributed by atoms with van der Waals surface area (Å²) in [5.41, 5.74) is 4.27. The lowest BCUT2D eigenvalue weighted by Gasteiger charge is -1.99. The number of nitrogens with one attached hydrogen (secondary N) is 1. The van der Waals surface area contributed by atoms with Crippen molar-refractivity contribution in [3.8, 4) is 5.69 Å². The van der Waals surface area contributed by atoms with Crippen LogP contribution in [0.15, 0.2) is 95.1 Å². The molecule has 0 aliphatic carbocycles. The summed E-state index contributed by atoms with van der Waals surface area (Å²) in [4.78, 5) is 26.4. The third-order valence-electron chi connectivity index (χ3n) is 5.41. The van der Waals surface area contributed by atoms with E-state index in [0.717, 1.165) is 16.8 Å². The molecule has 0 bridgehead atoms. The Morgan fingerprint density at radius 3 is 2.45 bits per heavy atom. The molecular formula is C25H16ClN6O+. The zero-order valence-electron chi connectivity index (χ0n) is 17.2. The minimum atomic E-state index is -0.207. The van der Waals surface area contributed by atoms with Gasteiger partial charge in [0.2, 0.25) is 5.65 Å². The summed E-state index contributed by atoms with van der Waals surface area (Å²) in [6.45, 7) is 0. The van der Waals surface area contributed by atoms with E-state index in [2.05, 4.69) is 10.1 Å². The van der Waals surface area contributed by atoms with Gasteiger partial charge in [-0.1, -0.05) is 54.1 Å². The Balaban J connectivity index is 1.68. The number of halogens is 1. The van der Waals surface area contributed by atoms with Crippen LogP contribution < -0.4 is 10.5 Å². The number of H-pyrrole nitrogens is 1. The van der Waals surface area contributed by atoms with Gasteiger partial charge in [0, 0.05) is 5.02 Å². The Labute approximate surface area is 192 Å². The summed E-state index contributed by atoms with van der Waals surface area (Å²) in [7, 11) is 0. The normalized spacial score (nSPS) is 11.8. The smallest absolute Gasteiger partial charge is 0.250 e. The fraction of sp³-hybridized carbons (Fsp3) is 0. The molecule has 3 aromatic heterocycles. The third kappa shape index (κ3) is 3.26. The van der Waals surface area contributed by atoms with Gasteiger partial charge in [0.15, 0.2) is 11.7 Å². The number of rotatable bonds is 3. The summed E-state index contributed by atoms with van der Waals surface area (Å²) in [6.07, 6.45) is 3.31. The van der Waals surface area contributed by atoms with Crippen LogP contribution in [0.25, 0.3) is 38.9 Å². The van der Waals surface area contributed by atoms with Crippen LogP contribution in [0.2, 0.25) is 5.02 Å². The number of benzene rings is 3. The monoisotopic (exact) mass is 451 g/mol. The highest BCUT2D eigenvalue weighted by molar-refractivity contribution is 6.30. The standard InChI is InChI=1S/C25H15ClN6O/c26-17-8-6-7-16(13-17)14-28-32-23-21(22-24(32)30-20-12-5-4-11-19(20)29-22)25(33)31(15-27-23)18-9-2-1-3-10-18/h1-15H/p+1/b28-14-. The fourth-order valence-corrected chi connectivity index (χ4v) is 4.07. The zero-order chi connectivity index (χ0) is 22.4. The van der Waals surface area contributed by atoms with Crippen LogP contribution in [0.4, 0.5) is 0 Å². The Kier molecular flexibility index (Phi) is 4.48. The van der Waals surface area contributed by atoms with E-state index in [4.69, 9.17) is 21.6 Å². The maximum atomic E-state index is 13.6. The van der Waals surface area contributed by atoms with Crippen LogP contribution >= 0.6 is 11.6 Å². The van der Waals surface area contributed by atoms with Gasteiger partial charge >= 0.3 is 5.56 Å². The first kappa shape index (κ1) is 19.3. The Bertz CT molecular complexity index is 1750. The van der Waals surface area contributed by atoms with Gasteiger partial charge in [0.05, 0.1) is 17.2 Å². The van der Waals surface area contributed by atoms with E-state index in [1.54, 1.807) is 27.9 Å². The van der Waals surface area contributed by atoms with Gasteiger partial charge in [-0.3, -0.25) is 0 Å². The van der Waals surface area contributed by atoms with Crippen molar-refractivity contribution in [3.63, 3.8) is 0 Å². The lowest BCUT2D eigenvalue weighted by Crippen LogP contribution is -2.25. The van der Waals surface area contributed by atoms with Crippen molar-refractivity contribution < 1.29 is 4.98 Å². The Morgan fingerprint density at radius 1 is 0.909 bits per heavy atom. The van der Waals surface area contributed by atoms with Gasteiger partial charge in [-0.25, -0.2) is 19.7 Å². The minimum absolute atomic E-state index is 0.207. The highest BCUT2D eigenvalue weighted by Crippen LogP contribution is 2.24. The van der Waals surface area contributed by atoms with Gasteiger partial charge in [-0.05, 0) is 42.0 Å². The molecule has 6 rings (SSSR count). The minimum Gasteiger partial charge on any atom is -0.250 e. The second-order valence-corrected chi connectivity index (χ2v) is 7.94. The summed E-state index contributed by atoms with van der Waals surface area (Å²) in [6, 6.07) is 24.4. The topological polar surface area (TPSA) is 79.2 Å². The third-order valence-corrected chi connectivity index (χ3v) is 5.64. The van der Waals surface area contributed by atoms with Crippen LogP contribution in [0, 0.1) is 0 Å². The first-order valence-corrected chi connectivity index (χ1v) is 10.7. The number of nitrogens with zero attached hydrogens (tertiary/aromatic N) is 5. The van der Waals surface area contributed by atoms with Crippen LogP contribution in [-0.4, -0.2) is 25.4 Å². The highest BCUT2D eigenvalue weighted by Gasteiger charge is 2.25. The molecule has 0 aliphatic rings. The van der Waals surface area contributed by atoms with E-state index in [1.165, 1.54) is 0 Å². The van der Waals surface area contributed by atoms with Gasteiger partial charge < -0.3 is 0 Å². The molecule has 3 aromatic carbocycles. The molecule has 33 heavy (non-hydrogen) atoms. The van der Waals surface area contributed by atoms with E-state index in [9.17, 15) is 4.79 Å². The lowest BCUT2D eigenvalue weighted by molar-refractivity contribution is -0.356. The zero-order valence-corrected chi connectivity index (χ0v) is 17.9. The molecule has 0 radical (unpaired) electrons. The van der Waals surface area contributed by atoms with Crippen molar-refractivity contribution in [3.05, 3.63) is 106 Å². The highest BCUT2D eigenvalue weighted by atomic mass is 35.5. The van der Waals surface area contributed by atoms with Gasteiger partial charge in [0.1, 0.15) is 11.2 Å². The molecule has 6 aromatic rings. The summed E-state index contributed by atoms with van der Waals surface area (Å²) in [5, 5.41) is 5.67. The van der Waals surface area contributed by atoms with E-state index in [-0.39, 0.29) is 5.56 Å². The van der Waals surface area contributed by atoms with Crippen molar-refractivity contribution >= 4 is 51.0 Å². The van der Waals surface area contributed by atoms with E-state index < -0.39 is 0 Å². The maximum absolute atomic E-state index is 13.6. The first-order valence-electron chi connectivity index (χ1n) is 10.3. The van der Waals surface area contributed by atoms with Crippen LogP contribution in [0.3, 0.4) is 0 Å². The molecule has 0 aliphatic heterocycles. The molecule has 0 spiro atoms. The molecule has 0 amide bonds. The number of fused-ring (bicyclic) bond motifs is 4. The number of aromatic nitrogens is 5. The molecule has 0 saturated heterocycles. The average Bonchev–Trinajstić information content (AvgIpc) is 3.15. The van der Waals surface area contributed by atoms with E-state index in [1.807, 2.05) is 72.8 Å². The molecule has 158 valence electrons. The second-order valence-electron chi connectivity index (χ2n) is 7.50. The maximum Gasteiger partial charge on any atom is 0.327 e. The summed E-state index contributed by atoms with van der Waals surface area (Å²) >= 11 is 6.12. The molecule has 0 fully saturated rings. The van der Waals surface area contributed by atoms with Gasteiger partial charge in [-0.2, -0.15) is 4.57 Å². The van der Waals surface area contributed by atoms with Crippen molar-refractivity contribution in [2.75, 3.05) is 0 Å². The number of para-hydroxylation sites is 3. The molecule has 3 heterocycles. The number of hydrogen-bond acceptors (Lipinski definition) is 4. The molecular weight excluding hydrogens is 436 g/mol. The van der Waals surface area contributed by atoms with Crippen LogP contribution in [0.5, 0.6) is 0 Å². The Morgan fingerprint density at radius 2 is 1.67 bits per heavy atom. The SMILES string of the molecule is O=c1c2c3nc4ccccc4nc3n(/N=C\c3cccc(Cl)c3)c2[nH+]cn1-c1ccccc1. The second kappa shape index (κ2) is 7.65. The van der Waals surface area contributed by atoms with E-state index >= 15 is 0 Å². The predicted octanol–water partition coefficient (Wildman–Crippen LogP) is 4.24. The predicted molar refractivity (Wildman–Crippen MR) is 129 cm³/mol. The van der Waals surface area contributed by atoms with Gasteiger partial charge in [0.25, 0.3) is 5.65 Å².